The summed E-state index contributed by atoms with van der Waals surface area (Å²) in [7, 11) is -1.74. The lowest BCUT2D eigenvalue weighted by Gasteiger charge is -2.17. The number of aryl methyl sites for hydroxylation is 1. The van der Waals surface area contributed by atoms with E-state index >= 15 is 0 Å². The molecule has 7 heteroatoms. The van der Waals surface area contributed by atoms with Crippen molar-refractivity contribution in [1.29, 1.82) is 0 Å². The first-order valence-corrected chi connectivity index (χ1v) is 8.08. The lowest BCUT2D eigenvalue weighted by molar-refractivity contribution is 0.418. The molecular weight excluding hydrogens is 274 g/mol. The van der Waals surface area contributed by atoms with Crippen LogP contribution in [0.1, 0.15) is 19.3 Å². The van der Waals surface area contributed by atoms with Crippen molar-refractivity contribution in [3.05, 3.63) is 12.5 Å². The molecule has 0 saturated heterocycles. The Bertz CT molecular complexity index is 500. The Labute approximate surface area is 113 Å². The molecule has 1 aromatic heterocycles. The minimum absolute atomic E-state index is 0.0745. The van der Waals surface area contributed by atoms with Gasteiger partial charge >= 0.3 is 0 Å². The first-order chi connectivity index (χ1) is 8.53. The van der Waals surface area contributed by atoms with Crippen LogP contribution in [0.3, 0.4) is 0 Å². The van der Waals surface area contributed by atoms with Crippen LogP contribution in [0.2, 0.25) is 0 Å². The van der Waals surface area contributed by atoms with Crippen LogP contribution >= 0.6 is 11.6 Å². The van der Waals surface area contributed by atoms with Crippen molar-refractivity contribution in [3.63, 3.8) is 0 Å². The molecule has 0 aromatic carbocycles. The molecule has 2 rings (SSSR count). The van der Waals surface area contributed by atoms with Gasteiger partial charge in [-0.15, -0.1) is 11.6 Å². The molecule has 1 saturated carbocycles. The fourth-order valence-electron chi connectivity index (χ4n) is 2.40. The van der Waals surface area contributed by atoms with Gasteiger partial charge in [-0.05, 0) is 24.7 Å². The van der Waals surface area contributed by atoms with Crippen molar-refractivity contribution in [3.8, 4) is 0 Å². The minimum atomic E-state index is -3.48. The average Bonchev–Trinajstić information content (AvgIpc) is 2.94. The number of alkyl halides is 1. The van der Waals surface area contributed by atoms with E-state index in [1.165, 1.54) is 12.5 Å². The maximum atomic E-state index is 12.0. The van der Waals surface area contributed by atoms with E-state index in [2.05, 4.69) is 9.71 Å². The number of rotatable bonds is 5. The van der Waals surface area contributed by atoms with E-state index in [-0.39, 0.29) is 5.03 Å². The second-order valence-electron chi connectivity index (χ2n) is 4.83. The van der Waals surface area contributed by atoms with Crippen LogP contribution in [-0.4, -0.2) is 30.4 Å². The number of sulfonamides is 1. The van der Waals surface area contributed by atoms with Crippen LogP contribution in [0.4, 0.5) is 0 Å². The van der Waals surface area contributed by atoms with Crippen LogP contribution in [0.25, 0.3) is 0 Å². The Hall–Kier alpha value is -0.590. The second kappa shape index (κ2) is 5.59. The van der Waals surface area contributed by atoms with Crippen LogP contribution in [0, 0.1) is 11.8 Å². The number of hydrogen-bond donors (Lipinski definition) is 1. The number of halogens is 1. The standard InChI is InChI=1S/C11H18ClN3O2S/c1-15-7-11(13-8-15)18(16,17)14-6-10-4-2-3-9(10)5-12/h7-10,14H,2-6H2,1H3. The molecule has 1 aliphatic rings. The van der Waals surface area contributed by atoms with E-state index in [0.29, 0.717) is 24.3 Å². The zero-order chi connectivity index (χ0) is 13.2. The van der Waals surface area contributed by atoms with Crippen molar-refractivity contribution in [1.82, 2.24) is 14.3 Å². The molecule has 0 radical (unpaired) electrons. The molecule has 1 aromatic rings. The van der Waals surface area contributed by atoms with Crippen LogP contribution in [0.5, 0.6) is 0 Å². The summed E-state index contributed by atoms with van der Waals surface area (Å²) in [5, 5.41) is 0.0745. The van der Waals surface area contributed by atoms with Gasteiger partial charge in [0.05, 0.1) is 6.33 Å². The Morgan fingerprint density at radius 1 is 1.50 bits per heavy atom. The number of nitrogens with zero attached hydrogens (tertiary/aromatic N) is 2. The van der Waals surface area contributed by atoms with Gasteiger partial charge < -0.3 is 4.57 Å². The highest BCUT2D eigenvalue weighted by molar-refractivity contribution is 7.89. The predicted octanol–water partition coefficient (Wildman–Crippen LogP) is 1.35. The molecule has 1 N–H and O–H groups in total. The highest BCUT2D eigenvalue weighted by Crippen LogP contribution is 2.32. The van der Waals surface area contributed by atoms with Gasteiger partial charge in [-0.2, -0.15) is 0 Å². The monoisotopic (exact) mass is 291 g/mol. The smallest absolute Gasteiger partial charge is 0.259 e. The summed E-state index contributed by atoms with van der Waals surface area (Å²) in [6.45, 7) is 0.455. The van der Waals surface area contributed by atoms with Gasteiger partial charge in [0.1, 0.15) is 0 Å². The normalized spacial score (nSPS) is 24.6. The Balaban J connectivity index is 1.97. The SMILES string of the molecule is Cn1cnc(S(=O)(=O)NCC2CCCC2CCl)c1. The molecule has 1 heterocycles. The quantitative estimate of drug-likeness (QED) is 0.833. The lowest BCUT2D eigenvalue weighted by atomic mass is 9.98. The summed E-state index contributed by atoms with van der Waals surface area (Å²) < 4.78 is 28.2. The van der Waals surface area contributed by atoms with Gasteiger partial charge in [0.25, 0.3) is 10.0 Å². The molecule has 1 aliphatic carbocycles. The van der Waals surface area contributed by atoms with Gasteiger partial charge in [-0.1, -0.05) is 6.42 Å². The van der Waals surface area contributed by atoms with Gasteiger partial charge in [-0.3, -0.25) is 0 Å². The van der Waals surface area contributed by atoms with Gasteiger partial charge in [0.2, 0.25) is 0 Å². The zero-order valence-corrected chi connectivity index (χ0v) is 11.9. The average molecular weight is 292 g/mol. The van der Waals surface area contributed by atoms with E-state index in [9.17, 15) is 8.42 Å². The van der Waals surface area contributed by atoms with E-state index in [0.717, 1.165) is 19.3 Å². The van der Waals surface area contributed by atoms with Crippen molar-refractivity contribution in [2.75, 3.05) is 12.4 Å². The van der Waals surface area contributed by atoms with Gasteiger partial charge in [-0.25, -0.2) is 18.1 Å². The lowest BCUT2D eigenvalue weighted by Crippen LogP contribution is -2.31. The molecule has 18 heavy (non-hydrogen) atoms. The maximum Gasteiger partial charge on any atom is 0.259 e. The Morgan fingerprint density at radius 2 is 2.22 bits per heavy atom. The van der Waals surface area contributed by atoms with Crippen LogP contribution in [-0.2, 0) is 17.1 Å². The second-order valence-corrected chi connectivity index (χ2v) is 6.86. The van der Waals surface area contributed by atoms with Gasteiger partial charge in [0.15, 0.2) is 5.03 Å². The van der Waals surface area contributed by atoms with E-state index in [4.69, 9.17) is 11.6 Å². The summed E-state index contributed by atoms with van der Waals surface area (Å²) >= 11 is 5.88. The molecule has 0 aliphatic heterocycles. The van der Waals surface area contributed by atoms with Crippen molar-refractivity contribution in [2.45, 2.75) is 24.3 Å². The molecule has 0 spiro atoms. The molecule has 5 nitrogen and oxygen atoms in total. The summed E-state index contributed by atoms with van der Waals surface area (Å²) in [6.07, 6.45) is 6.25. The van der Waals surface area contributed by atoms with E-state index in [1.807, 2.05) is 0 Å². The minimum Gasteiger partial charge on any atom is -0.339 e. The summed E-state index contributed by atoms with van der Waals surface area (Å²) in [6, 6.07) is 0. The van der Waals surface area contributed by atoms with Crippen molar-refractivity contribution >= 4 is 21.6 Å². The van der Waals surface area contributed by atoms with Crippen LogP contribution in [0.15, 0.2) is 17.6 Å². The molecular formula is C11H18ClN3O2S. The largest absolute Gasteiger partial charge is 0.339 e. The first kappa shape index (κ1) is 13.8. The summed E-state index contributed by atoms with van der Waals surface area (Å²) in [4.78, 5) is 3.86. The van der Waals surface area contributed by atoms with E-state index in [1.54, 1.807) is 11.6 Å². The number of imidazole rings is 1. The molecule has 2 atom stereocenters. The van der Waals surface area contributed by atoms with Crippen molar-refractivity contribution in [2.24, 2.45) is 18.9 Å². The third kappa shape index (κ3) is 3.05. The molecule has 1 fully saturated rings. The molecule has 102 valence electrons. The highest BCUT2D eigenvalue weighted by atomic mass is 35.5. The zero-order valence-electron chi connectivity index (χ0n) is 10.3. The topological polar surface area (TPSA) is 64.0 Å². The third-order valence-corrected chi connectivity index (χ3v) is 5.21. The third-order valence-electron chi connectivity index (χ3n) is 3.51. The highest BCUT2D eigenvalue weighted by Gasteiger charge is 2.28. The van der Waals surface area contributed by atoms with Crippen molar-refractivity contribution < 1.29 is 8.42 Å². The number of hydrogen-bond acceptors (Lipinski definition) is 3. The first-order valence-electron chi connectivity index (χ1n) is 6.06. The van der Waals surface area contributed by atoms with E-state index < -0.39 is 10.0 Å². The van der Waals surface area contributed by atoms with Gasteiger partial charge in [0, 0.05) is 25.7 Å². The number of aromatic nitrogens is 2. The fraction of sp³-hybridized carbons (Fsp3) is 0.727. The predicted molar refractivity (Wildman–Crippen MR) is 69.9 cm³/mol. The fourth-order valence-corrected chi connectivity index (χ4v) is 3.88. The maximum absolute atomic E-state index is 12.0. The Kier molecular flexibility index (Phi) is 4.29. The molecule has 0 amide bonds. The summed E-state index contributed by atoms with van der Waals surface area (Å²) in [5.41, 5.74) is 0. The molecule has 0 bridgehead atoms. The van der Waals surface area contributed by atoms with Crippen LogP contribution < -0.4 is 4.72 Å². The summed E-state index contributed by atoms with van der Waals surface area (Å²) in [5.74, 6) is 1.38. The number of nitrogens with one attached hydrogen (secondary N) is 1. The molecule has 2 unspecified atom stereocenters. The Morgan fingerprint density at radius 3 is 2.83 bits per heavy atom.